The molecule has 37 heavy (non-hydrogen) atoms. The van der Waals surface area contributed by atoms with E-state index in [0.29, 0.717) is 6.07 Å². The average Bonchev–Trinajstić information content (AvgIpc) is 2.76. The van der Waals surface area contributed by atoms with Gasteiger partial charge in [0.2, 0.25) is 5.91 Å². The van der Waals surface area contributed by atoms with Gasteiger partial charge in [-0.1, -0.05) is 6.07 Å². The number of anilines is 1. The van der Waals surface area contributed by atoms with Crippen molar-refractivity contribution in [3.8, 4) is 5.75 Å². The van der Waals surface area contributed by atoms with E-state index in [0.717, 1.165) is 25.1 Å². The van der Waals surface area contributed by atoms with Crippen molar-refractivity contribution >= 4 is 63.8 Å². The summed E-state index contributed by atoms with van der Waals surface area (Å²) in [5.41, 5.74) is 4.01. The molecule has 0 radical (unpaired) electrons. The molecule has 14 nitrogen and oxygen atoms in total. The van der Waals surface area contributed by atoms with Gasteiger partial charge in [0, 0.05) is 24.2 Å². The Morgan fingerprint density at radius 3 is 2.19 bits per heavy atom. The van der Waals surface area contributed by atoms with E-state index in [9.17, 15) is 44.3 Å². The number of phenolic OH excluding ortho intramolecular Hbond substituents is 1. The highest BCUT2D eigenvalue weighted by atomic mass is 32.2. The number of nitrogens with two attached hydrogens (primary N) is 1. The van der Waals surface area contributed by atoms with Crippen molar-refractivity contribution in [1.82, 2.24) is 0 Å². The Bertz CT molecular complexity index is 1770. The molecule has 0 aliphatic heterocycles. The Labute approximate surface area is 211 Å². The fourth-order valence-corrected chi connectivity index (χ4v) is 6.00. The first-order valence-electron chi connectivity index (χ1n) is 10.1. The van der Waals surface area contributed by atoms with E-state index >= 15 is 0 Å². The van der Waals surface area contributed by atoms with Crippen LogP contribution in [0.3, 0.4) is 0 Å². The second-order valence-corrected chi connectivity index (χ2v) is 12.4. The fraction of sp³-hybridized carbons (Fsp3) is 0.150. The molecule has 0 saturated heterocycles. The van der Waals surface area contributed by atoms with E-state index in [1.54, 1.807) is 0 Å². The average molecular weight is 573 g/mol. The van der Waals surface area contributed by atoms with Gasteiger partial charge in [-0.05, 0) is 36.4 Å². The lowest BCUT2D eigenvalue weighted by atomic mass is 10.1. The van der Waals surface area contributed by atoms with Crippen LogP contribution in [0.2, 0.25) is 0 Å². The number of azo groups is 1. The minimum Gasteiger partial charge on any atom is -0.505 e. The normalized spacial score (nSPS) is 12.8. The molecule has 0 atom stereocenters. The first-order chi connectivity index (χ1) is 17.1. The molecular formula is C20H20N4O10S3. The second kappa shape index (κ2) is 10.1. The maximum absolute atomic E-state index is 12.3. The standard InChI is InChI=1S/C20H20N4O10S3/c1-11(25)22-16-6-5-14-15(20(16)37(32,33)34)10-17(36(29,30)31)18(19(14)26)24-23-12-3-2-4-13(9-12)35(27,28)8-7-21/h2-6,9-10,26H,7-8,21H2,1H3,(H,22,25)(H,29,30,31)(H,32,33,34). The number of nitrogens with zero attached hydrogens (tertiary/aromatic N) is 2. The van der Waals surface area contributed by atoms with Crippen molar-refractivity contribution in [3.63, 3.8) is 0 Å². The number of aromatic hydroxyl groups is 1. The molecule has 0 aromatic heterocycles. The quantitative estimate of drug-likeness (QED) is 0.193. The van der Waals surface area contributed by atoms with E-state index in [2.05, 4.69) is 15.5 Å². The lowest BCUT2D eigenvalue weighted by Crippen LogP contribution is -2.15. The largest absolute Gasteiger partial charge is 0.505 e. The molecular weight excluding hydrogens is 552 g/mol. The van der Waals surface area contributed by atoms with Crippen molar-refractivity contribution in [3.05, 3.63) is 42.5 Å². The van der Waals surface area contributed by atoms with E-state index < -0.39 is 68.3 Å². The molecule has 0 bridgehead atoms. The van der Waals surface area contributed by atoms with E-state index in [4.69, 9.17) is 5.73 Å². The number of rotatable bonds is 8. The molecule has 0 heterocycles. The van der Waals surface area contributed by atoms with Crippen molar-refractivity contribution in [2.75, 3.05) is 17.6 Å². The predicted octanol–water partition coefficient (Wildman–Crippen LogP) is 2.15. The maximum Gasteiger partial charge on any atom is 0.297 e. The van der Waals surface area contributed by atoms with E-state index in [-0.39, 0.29) is 28.3 Å². The van der Waals surface area contributed by atoms with Crippen LogP contribution in [0.25, 0.3) is 10.8 Å². The summed E-state index contributed by atoms with van der Waals surface area (Å²) in [5, 5.41) is 19.5. The van der Waals surface area contributed by atoms with Gasteiger partial charge in [-0.3, -0.25) is 13.9 Å². The summed E-state index contributed by atoms with van der Waals surface area (Å²) in [4.78, 5) is 9.30. The lowest BCUT2D eigenvalue weighted by Gasteiger charge is -2.14. The second-order valence-electron chi connectivity index (χ2n) is 7.55. The van der Waals surface area contributed by atoms with Gasteiger partial charge < -0.3 is 16.2 Å². The highest BCUT2D eigenvalue weighted by Gasteiger charge is 2.28. The molecule has 0 aliphatic carbocycles. The van der Waals surface area contributed by atoms with Crippen LogP contribution < -0.4 is 11.1 Å². The minimum absolute atomic E-state index is 0.0708. The molecule has 3 aromatic carbocycles. The number of hydrogen-bond donors (Lipinski definition) is 5. The first-order valence-corrected chi connectivity index (χ1v) is 14.6. The van der Waals surface area contributed by atoms with Gasteiger partial charge in [-0.15, -0.1) is 5.11 Å². The lowest BCUT2D eigenvalue weighted by molar-refractivity contribution is -0.114. The molecule has 3 aromatic rings. The first kappa shape index (κ1) is 28.1. The molecule has 1 amide bonds. The molecule has 0 unspecified atom stereocenters. The number of benzene rings is 3. The van der Waals surface area contributed by atoms with Crippen molar-refractivity contribution in [1.29, 1.82) is 0 Å². The predicted molar refractivity (Wildman–Crippen MR) is 131 cm³/mol. The summed E-state index contributed by atoms with van der Waals surface area (Å²) in [6.45, 7) is 0.921. The van der Waals surface area contributed by atoms with Crippen molar-refractivity contribution < 1.29 is 44.3 Å². The number of phenols is 1. The number of sulfone groups is 1. The van der Waals surface area contributed by atoms with Crippen LogP contribution in [0.1, 0.15) is 6.92 Å². The molecule has 198 valence electrons. The maximum atomic E-state index is 12.3. The smallest absolute Gasteiger partial charge is 0.297 e. The zero-order valence-corrected chi connectivity index (χ0v) is 21.3. The Morgan fingerprint density at radius 1 is 0.946 bits per heavy atom. The molecule has 0 aliphatic rings. The Kier molecular flexibility index (Phi) is 7.68. The van der Waals surface area contributed by atoms with Crippen molar-refractivity contribution in [2.45, 2.75) is 21.6 Å². The summed E-state index contributed by atoms with van der Waals surface area (Å²) in [6, 6.07) is 7.83. The zero-order chi connectivity index (χ0) is 27.8. The Balaban J connectivity index is 2.31. The third kappa shape index (κ3) is 6.09. The van der Waals surface area contributed by atoms with Gasteiger partial charge in [-0.2, -0.15) is 21.9 Å². The highest BCUT2D eigenvalue weighted by molar-refractivity contribution is 7.91. The Morgan fingerprint density at radius 2 is 1.62 bits per heavy atom. The summed E-state index contributed by atoms with van der Waals surface area (Å²) in [5.74, 6) is -2.01. The molecule has 6 N–H and O–H groups in total. The number of carbonyl (C=O) groups is 1. The van der Waals surface area contributed by atoms with E-state index in [1.165, 1.54) is 18.2 Å². The van der Waals surface area contributed by atoms with Crippen molar-refractivity contribution in [2.24, 2.45) is 16.0 Å². The van der Waals surface area contributed by atoms with Gasteiger partial charge in [-0.25, -0.2) is 8.42 Å². The number of fused-ring (bicyclic) bond motifs is 1. The summed E-state index contributed by atoms with van der Waals surface area (Å²) in [7, 11) is -14.0. The Hall–Kier alpha value is -3.48. The fourth-order valence-electron chi connectivity index (χ4n) is 3.37. The van der Waals surface area contributed by atoms with Gasteiger partial charge in [0.05, 0.1) is 22.0 Å². The molecule has 0 spiro atoms. The molecule has 3 rings (SSSR count). The monoisotopic (exact) mass is 572 g/mol. The number of hydrogen-bond acceptors (Lipinski definition) is 11. The van der Waals surface area contributed by atoms with Crippen LogP contribution in [-0.4, -0.2) is 57.7 Å². The van der Waals surface area contributed by atoms with Crippen LogP contribution in [0.15, 0.2) is 67.4 Å². The number of carbonyl (C=O) groups excluding carboxylic acids is 1. The minimum atomic E-state index is -5.18. The topological polar surface area (TPSA) is 243 Å². The third-order valence-corrected chi connectivity index (χ3v) is 8.43. The molecule has 0 fully saturated rings. The third-order valence-electron chi connectivity index (χ3n) is 4.86. The molecule has 17 heteroatoms. The SMILES string of the molecule is CC(=O)Nc1ccc2c(O)c(N=Nc3cccc(S(=O)(=O)CCN)c3)c(S(=O)(=O)O)cc2c1S(=O)(=O)O. The van der Waals surface area contributed by atoms with Crippen LogP contribution in [0.4, 0.5) is 17.1 Å². The summed E-state index contributed by atoms with van der Waals surface area (Å²) >= 11 is 0. The van der Waals surface area contributed by atoms with Gasteiger partial charge in [0.1, 0.15) is 15.5 Å². The van der Waals surface area contributed by atoms with Crippen LogP contribution in [0, 0.1) is 0 Å². The van der Waals surface area contributed by atoms with E-state index in [1.807, 2.05) is 0 Å². The highest BCUT2D eigenvalue weighted by Crippen LogP contribution is 2.44. The molecule has 0 saturated carbocycles. The summed E-state index contributed by atoms with van der Waals surface area (Å²) in [6.07, 6.45) is 0. The number of amides is 1. The zero-order valence-electron chi connectivity index (χ0n) is 18.9. The summed E-state index contributed by atoms with van der Waals surface area (Å²) < 4.78 is 92.4. The van der Waals surface area contributed by atoms with Crippen LogP contribution in [0.5, 0.6) is 5.75 Å². The van der Waals surface area contributed by atoms with Crippen LogP contribution >= 0.6 is 0 Å². The number of nitrogens with one attached hydrogen (secondary N) is 1. The van der Waals surface area contributed by atoms with Gasteiger partial charge in [0.15, 0.2) is 15.6 Å². The van der Waals surface area contributed by atoms with Gasteiger partial charge in [0.25, 0.3) is 20.2 Å². The van der Waals surface area contributed by atoms with Crippen LogP contribution in [-0.2, 0) is 34.9 Å². The van der Waals surface area contributed by atoms with Gasteiger partial charge >= 0.3 is 0 Å².